The maximum absolute atomic E-state index is 13.1. The van der Waals surface area contributed by atoms with Crippen molar-refractivity contribution in [1.82, 2.24) is 4.90 Å². The first-order valence-corrected chi connectivity index (χ1v) is 10.6. The number of aryl methyl sites for hydroxylation is 2. The second-order valence-corrected chi connectivity index (χ2v) is 7.97. The van der Waals surface area contributed by atoms with Crippen molar-refractivity contribution in [2.45, 2.75) is 32.2 Å². The summed E-state index contributed by atoms with van der Waals surface area (Å²) in [7, 11) is 1.60. The number of likely N-dealkylation sites (tertiary alicyclic amines) is 1. The Hall–Kier alpha value is -3.12. The van der Waals surface area contributed by atoms with Gasteiger partial charge in [0.05, 0.1) is 18.2 Å². The SMILES string of the molecule is COCCCN1C(=O)C(=O)/C(=C(/O)c2ccc3c(c2)CCCO3)C1c1ccccc1C. The van der Waals surface area contributed by atoms with Crippen LogP contribution < -0.4 is 4.74 Å². The standard InChI is InChI=1S/C25H27NO5/c1-16-7-3-4-9-19(16)22-21(24(28)25(29)26(22)12-6-13-30-2)23(27)18-10-11-20-17(15-18)8-5-14-31-20/h3-4,7,9-11,15,22,27H,5-6,8,12-14H2,1-2H3/b23-21+. The van der Waals surface area contributed by atoms with Crippen molar-refractivity contribution in [2.24, 2.45) is 0 Å². The van der Waals surface area contributed by atoms with Gasteiger partial charge in [0.15, 0.2) is 0 Å². The van der Waals surface area contributed by atoms with E-state index in [1.165, 1.54) is 0 Å². The third-order valence-corrected chi connectivity index (χ3v) is 5.95. The molecule has 2 aliphatic heterocycles. The second kappa shape index (κ2) is 8.94. The van der Waals surface area contributed by atoms with Crippen LogP contribution in [-0.2, 0) is 20.7 Å². The van der Waals surface area contributed by atoms with E-state index in [0.29, 0.717) is 31.7 Å². The van der Waals surface area contributed by atoms with Crippen LogP contribution in [0.15, 0.2) is 48.0 Å². The van der Waals surface area contributed by atoms with Crippen molar-refractivity contribution in [3.63, 3.8) is 0 Å². The summed E-state index contributed by atoms with van der Waals surface area (Å²) in [6.07, 6.45) is 2.36. The molecule has 0 aliphatic carbocycles. The minimum Gasteiger partial charge on any atom is -0.507 e. The van der Waals surface area contributed by atoms with Gasteiger partial charge in [0, 0.05) is 25.8 Å². The number of rotatable bonds is 6. The zero-order valence-corrected chi connectivity index (χ0v) is 17.9. The van der Waals surface area contributed by atoms with Crippen molar-refractivity contribution in [3.8, 4) is 5.75 Å². The molecule has 1 atom stereocenters. The molecule has 1 fully saturated rings. The number of aliphatic hydroxyl groups excluding tert-OH is 1. The number of ketones is 1. The fraction of sp³-hybridized carbons (Fsp3) is 0.360. The maximum atomic E-state index is 13.1. The summed E-state index contributed by atoms with van der Waals surface area (Å²) in [6.45, 7) is 3.47. The summed E-state index contributed by atoms with van der Waals surface area (Å²) in [5.74, 6) is -0.586. The van der Waals surface area contributed by atoms with Crippen LogP contribution in [0.3, 0.4) is 0 Å². The number of ether oxygens (including phenoxy) is 2. The van der Waals surface area contributed by atoms with Crippen molar-refractivity contribution in [1.29, 1.82) is 0 Å². The lowest BCUT2D eigenvalue weighted by Crippen LogP contribution is -2.31. The highest BCUT2D eigenvalue weighted by molar-refractivity contribution is 6.46. The molecular formula is C25H27NO5. The summed E-state index contributed by atoms with van der Waals surface area (Å²) in [4.78, 5) is 27.6. The Morgan fingerprint density at radius 1 is 1.23 bits per heavy atom. The average Bonchev–Trinajstić information content (AvgIpc) is 3.03. The minimum absolute atomic E-state index is 0.133. The lowest BCUT2D eigenvalue weighted by atomic mass is 9.92. The van der Waals surface area contributed by atoms with E-state index in [4.69, 9.17) is 9.47 Å². The van der Waals surface area contributed by atoms with E-state index in [0.717, 1.165) is 35.3 Å². The third kappa shape index (κ3) is 3.95. The smallest absolute Gasteiger partial charge is 0.295 e. The van der Waals surface area contributed by atoms with Gasteiger partial charge in [0.2, 0.25) is 0 Å². The van der Waals surface area contributed by atoms with Gasteiger partial charge in [-0.15, -0.1) is 0 Å². The topological polar surface area (TPSA) is 76.1 Å². The van der Waals surface area contributed by atoms with E-state index in [9.17, 15) is 14.7 Å². The molecule has 4 rings (SSSR count). The van der Waals surface area contributed by atoms with Crippen LogP contribution in [0.4, 0.5) is 0 Å². The number of hydrogen-bond donors (Lipinski definition) is 1. The molecule has 6 heteroatoms. The molecule has 1 saturated heterocycles. The van der Waals surface area contributed by atoms with E-state index in [1.54, 1.807) is 18.1 Å². The number of amides is 1. The molecule has 0 aromatic heterocycles. The monoisotopic (exact) mass is 421 g/mol. The molecule has 2 heterocycles. The van der Waals surface area contributed by atoms with E-state index in [-0.39, 0.29) is 11.3 Å². The molecule has 0 radical (unpaired) electrons. The van der Waals surface area contributed by atoms with E-state index >= 15 is 0 Å². The lowest BCUT2D eigenvalue weighted by molar-refractivity contribution is -0.140. The number of nitrogens with zero attached hydrogens (tertiary/aromatic N) is 1. The molecule has 0 spiro atoms. The minimum atomic E-state index is -0.655. The Bertz CT molecular complexity index is 1040. The summed E-state index contributed by atoms with van der Waals surface area (Å²) < 4.78 is 10.8. The van der Waals surface area contributed by atoms with E-state index < -0.39 is 17.7 Å². The Morgan fingerprint density at radius 3 is 2.81 bits per heavy atom. The maximum Gasteiger partial charge on any atom is 0.295 e. The van der Waals surface area contributed by atoms with Gasteiger partial charge in [-0.2, -0.15) is 0 Å². The number of methoxy groups -OCH3 is 1. The van der Waals surface area contributed by atoms with E-state index in [2.05, 4.69) is 0 Å². The molecule has 31 heavy (non-hydrogen) atoms. The first-order valence-electron chi connectivity index (χ1n) is 10.6. The van der Waals surface area contributed by atoms with Crippen molar-refractivity contribution < 1.29 is 24.2 Å². The first kappa shape index (κ1) is 21.1. The zero-order valence-electron chi connectivity index (χ0n) is 17.9. The molecule has 2 aliphatic rings. The Balaban J connectivity index is 1.82. The second-order valence-electron chi connectivity index (χ2n) is 7.97. The first-order chi connectivity index (χ1) is 15.0. The molecule has 1 amide bonds. The number of hydrogen-bond acceptors (Lipinski definition) is 5. The summed E-state index contributed by atoms with van der Waals surface area (Å²) in [6, 6.07) is 12.4. The summed E-state index contributed by atoms with van der Waals surface area (Å²) in [5, 5.41) is 11.2. The number of Topliss-reactive ketones (excluding diaryl/α,β-unsaturated/α-hetero) is 1. The highest BCUT2D eigenvalue weighted by Gasteiger charge is 2.46. The normalized spacial score (nSPS) is 19.9. The van der Waals surface area contributed by atoms with E-state index in [1.807, 2.05) is 43.3 Å². The fourth-order valence-electron chi connectivity index (χ4n) is 4.37. The third-order valence-electron chi connectivity index (χ3n) is 5.95. The molecular weight excluding hydrogens is 394 g/mol. The molecule has 2 aromatic rings. The van der Waals surface area contributed by atoms with Gasteiger partial charge in [-0.05, 0) is 61.1 Å². The lowest BCUT2D eigenvalue weighted by Gasteiger charge is -2.26. The Labute approximate surface area is 182 Å². The predicted octanol–water partition coefficient (Wildman–Crippen LogP) is 3.78. The number of benzene rings is 2. The van der Waals surface area contributed by atoms with Crippen LogP contribution in [-0.4, -0.2) is 48.6 Å². The highest BCUT2D eigenvalue weighted by atomic mass is 16.5. The quantitative estimate of drug-likeness (QED) is 0.333. The average molecular weight is 421 g/mol. The predicted molar refractivity (Wildman–Crippen MR) is 117 cm³/mol. The van der Waals surface area contributed by atoms with Gasteiger partial charge >= 0.3 is 0 Å². The number of carbonyl (C=O) groups excluding carboxylic acids is 2. The molecule has 162 valence electrons. The van der Waals surface area contributed by atoms with Gasteiger partial charge in [-0.3, -0.25) is 9.59 Å². The molecule has 0 bridgehead atoms. The highest BCUT2D eigenvalue weighted by Crippen LogP contribution is 2.41. The Morgan fingerprint density at radius 2 is 2.03 bits per heavy atom. The van der Waals surface area contributed by atoms with Crippen LogP contribution >= 0.6 is 0 Å². The van der Waals surface area contributed by atoms with Crippen molar-refractivity contribution in [3.05, 3.63) is 70.3 Å². The van der Waals surface area contributed by atoms with Crippen LogP contribution in [0.2, 0.25) is 0 Å². The summed E-state index contributed by atoms with van der Waals surface area (Å²) in [5.41, 5.74) is 3.45. The van der Waals surface area contributed by atoms with Crippen molar-refractivity contribution >= 4 is 17.4 Å². The fourth-order valence-corrected chi connectivity index (χ4v) is 4.37. The van der Waals surface area contributed by atoms with Gasteiger partial charge in [0.1, 0.15) is 11.5 Å². The van der Waals surface area contributed by atoms with Gasteiger partial charge < -0.3 is 19.5 Å². The zero-order chi connectivity index (χ0) is 22.0. The van der Waals surface area contributed by atoms with Gasteiger partial charge in [-0.25, -0.2) is 0 Å². The van der Waals surface area contributed by atoms with Gasteiger partial charge in [0.25, 0.3) is 11.7 Å². The van der Waals surface area contributed by atoms with Crippen LogP contribution in [0.25, 0.3) is 5.76 Å². The Kier molecular flexibility index (Phi) is 6.09. The van der Waals surface area contributed by atoms with Crippen molar-refractivity contribution in [2.75, 3.05) is 26.9 Å². The van der Waals surface area contributed by atoms with Crippen LogP contribution in [0.5, 0.6) is 5.75 Å². The largest absolute Gasteiger partial charge is 0.507 e. The molecule has 1 N–H and O–H groups in total. The van der Waals surface area contributed by atoms with Crippen LogP contribution in [0.1, 0.15) is 41.1 Å². The molecule has 6 nitrogen and oxygen atoms in total. The number of carbonyl (C=O) groups is 2. The number of aliphatic hydroxyl groups is 1. The molecule has 2 aromatic carbocycles. The van der Waals surface area contributed by atoms with Gasteiger partial charge in [-0.1, -0.05) is 24.3 Å². The van der Waals surface area contributed by atoms with Crippen LogP contribution in [0, 0.1) is 6.92 Å². The summed E-state index contributed by atoms with van der Waals surface area (Å²) >= 11 is 0. The molecule has 1 unspecified atom stereocenters. The molecule has 0 saturated carbocycles. The number of fused-ring (bicyclic) bond motifs is 1.